The average Bonchev–Trinajstić information content (AvgIpc) is 2.11. The molecule has 2 N–H and O–H groups in total. The number of benzene rings is 1. The summed E-state index contributed by atoms with van der Waals surface area (Å²) in [5.41, 5.74) is 2.74. The largest absolute Gasteiger partial charge is 0.622 e. The zero-order valence-electron chi connectivity index (χ0n) is 7.69. The summed E-state index contributed by atoms with van der Waals surface area (Å²) >= 11 is 0. The van der Waals surface area contributed by atoms with Crippen LogP contribution in [0.15, 0.2) is 24.3 Å². The summed E-state index contributed by atoms with van der Waals surface area (Å²) in [6.45, 7) is 4.24. The van der Waals surface area contributed by atoms with Crippen molar-refractivity contribution in [2.24, 2.45) is 0 Å². The summed E-state index contributed by atoms with van der Waals surface area (Å²) in [6.07, 6.45) is 0. The molecular formula is C8H12BO3Si. The van der Waals surface area contributed by atoms with Crippen molar-refractivity contribution in [1.82, 2.24) is 0 Å². The van der Waals surface area contributed by atoms with Crippen LogP contribution in [-0.4, -0.2) is 27.9 Å². The lowest BCUT2D eigenvalue weighted by atomic mass is 10.1. The highest BCUT2D eigenvalue weighted by atomic mass is 28.2. The molecule has 69 valence electrons. The molecule has 1 aromatic rings. The van der Waals surface area contributed by atoms with Crippen molar-refractivity contribution in [2.45, 2.75) is 13.8 Å². The van der Waals surface area contributed by atoms with Gasteiger partial charge in [-0.3, -0.25) is 0 Å². The monoisotopic (exact) mass is 195 g/mol. The quantitative estimate of drug-likeness (QED) is 0.636. The third-order valence-corrected chi connectivity index (χ3v) is 1.74. The number of aryl methyl sites for hydroxylation is 2. The lowest BCUT2D eigenvalue weighted by molar-refractivity contribution is 0.299. The number of hydrogen-bond donors (Lipinski definition) is 2. The second-order valence-corrected chi connectivity index (χ2v) is 2.76. The van der Waals surface area contributed by atoms with Gasteiger partial charge in [-0.05, 0) is 25.0 Å². The third-order valence-electron chi connectivity index (χ3n) is 1.53. The van der Waals surface area contributed by atoms with Crippen LogP contribution in [-0.2, 0) is 4.34 Å². The van der Waals surface area contributed by atoms with Crippen LogP contribution in [0.4, 0.5) is 0 Å². The Labute approximate surface area is 82.1 Å². The Hall–Kier alpha value is -0.618. The first-order chi connectivity index (χ1) is 6.07. The molecule has 3 radical (unpaired) electrons. The van der Waals surface area contributed by atoms with Crippen molar-refractivity contribution in [3.05, 3.63) is 35.4 Å². The fourth-order valence-electron chi connectivity index (χ4n) is 0.663. The van der Waals surface area contributed by atoms with Crippen molar-refractivity contribution in [3.63, 3.8) is 0 Å². The lowest BCUT2D eigenvalue weighted by Crippen LogP contribution is -2.13. The van der Waals surface area contributed by atoms with Gasteiger partial charge < -0.3 is 14.4 Å². The molecule has 0 saturated heterocycles. The summed E-state index contributed by atoms with van der Waals surface area (Å²) in [4.78, 5) is 0. The Kier molecular flexibility index (Phi) is 6.52. The highest BCUT2D eigenvalue weighted by Crippen LogP contribution is 2.02. The molecule has 0 aliphatic carbocycles. The van der Waals surface area contributed by atoms with E-state index in [4.69, 9.17) is 10.0 Å². The molecule has 3 nitrogen and oxygen atoms in total. The van der Waals surface area contributed by atoms with Gasteiger partial charge in [-0.2, -0.15) is 0 Å². The zero-order chi connectivity index (χ0) is 10.3. The van der Waals surface area contributed by atoms with Crippen LogP contribution in [0.1, 0.15) is 11.1 Å². The first kappa shape index (κ1) is 12.4. The first-order valence-corrected chi connectivity index (χ1v) is 4.19. The van der Waals surface area contributed by atoms with E-state index in [1.807, 2.05) is 0 Å². The van der Waals surface area contributed by atoms with Gasteiger partial charge in [0.05, 0.1) is 0 Å². The Balaban J connectivity index is 0.000000252. The van der Waals surface area contributed by atoms with Crippen molar-refractivity contribution >= 4 is 17.8 Å². The van der Waals surface area contributed by atoms with Gasteiger partial charge in [-0.15, -0.1) is 0 Å². The highest BCUT2D eigenvalue weighted by Gasteiger charge is 2.00. The zero-order valence-corrected chi connectivity index (χ0v) is 8.69. The van der Waals surface area contributed by atoms with Crippen molar-refractivity contribution in [3.8, 4) is 0 Å². The maximum atomic E-state index is 7.65. The molecule has 0 unspecified atom stereocenters. The van der Waals surface area contributed by atoms with Crippen LogP contribution < -0.4 is 0 Å². The van der Waals surface area contributed by atoms with Gasteiger partial charge in [-0.25, -0.2) is 0 Å². The van der Waals surface area contributed by atoms with E-state index in [1.165, 1.54) is 11.1 Å². The molecule has 0 spiro atoms. The van der Waals surface area contributed by atoms with E-state index in [9.17, 15) is 0 Å². The molecule has 0 fully saturated rings. The predicted octanol–water partition coefficient (Wildman–Crippen LogP) is 0.359. The molecule has 0 aliphatic rings. The van der Waals surface area contributed by atoms with Crippen molar-refractivity contribution < 1.29 is 14.4 Å². The molecular weight excluding hydrogens is 183 g/mol. The SMILES string of the molecule is Cc1ccccc1C.OB(O)O[Si]. The Morgan fingerprint density at radius 1 is 1.15 bits per heavy atom. The first-order valence-electron chi connectivity index (χ1n) is 3.78. The van der Waals surface area contributed by atoms with Crippen LogP contribution in [0.3, 0.4) is 0 Å². The predicted molar refractivity (Wildman–Crippen MR) is 52.9 cm³/mol. The fraction of sp³-hybridized carbons (Fsp3) is 0.250. The van der Waals surface area contributed by atoms with E-state index in [1.54, 1.807) is 0 Å². The highest BCUT2D eigenvalue weighted by molar-refractivity contribution is 6.38. The second kappa shape index (κ2) is 6.85. The van der Waals surface area contributed by atoms with Crippen LogP contribution in [0, 0.1) is 13.8 Å². The Morgan fingerprint density at radius 3 is 1.62 bits per heavy atom. The molecule has 0 amide bonds. The number of rotatable bonds is 1. The molecule has 0 heterocycles. The molecule has 1 aromatic carbocycles. The van der Waals surface area contributed by atoms with Crippen molar-refractivity contribution in [1.29, 1.82) is 0 Å². The van der Waals surface area contributed by atoms with Crippen LogP contribution in [0.5, 0.6) is 0 Å². The van der Waals surface area contributed by atoms with E-state index < -0.39 is 7.32 Å². The van der Waals surface area contributed by atoms with Crippen LogP contribution >= 0.6 is 0 Å². The van der Waals surface area contributed by atoms with Gasteiger partial charge in [0.1, 0.15) is 0 Å². The average molecular weight is 195 g/mol. The molecule has 0 aliphatic heterocycles. The minimum atomic E-state index is -1.70. The van der Waals surface area contributed by atoms with Gasteiger partial charge in [0, 0.05) is 0 Å². The van der Waals surface area contributed by atoms with Gasteiger partial charge in [0.25, 0.3) is 0 Å². The minimum Gasteiger partial charge on any atom is -0.429 e. The maximum Gasteiger partial charge on any atom is 0.622 e. The summed E-state index contributed by atoms with van der Waals surface area (Å²) in [5.74, 6) is 0. The van der Waals surface area contributed by atoms with Gasteiger partial charge in [0.15, 0.2) is 0 Å². The lowest BCUT2D eigenvalue weighted by Gasteiger charge is -1.93. The molecule has 0 atom stereocenters. The van der Waals surface area contributed by atoms with E-state index in [0.717, 1.165) is 0 Å². The van der Waals surface area contributed by atoms with Crippen molar-refractivity contribution in [2.75, 3.05) is 0 Å². The summed E-state index contributed by atoms with van der Waals surface area (Å²) in [5, 5.41) is 15.3. The smallest absolute Gasteiger partial charge is 0.429 e. The van der Waals surface area contributed by atoms with E-state index in [-0.39, 0.29) is 0 Å². The normalized spacial score (nSPS) is 8.69. The van der Waals surface area contributed by atoms with E-state index in [0.29, 0.717) is 0 Å². The van der Waals surface area contributed by atoms with Crippen LogP contribution in [0.2, 0.25) is 0 Å². The molecule has 1 rings (SSSR count). The fourth-order valence-corrected chi connectivity index (χ4v) is 0.663. The molecule has 0 aromatic heterocycles. The van der Waals surface area contributed by atoms with Gasteiger partial charge >= 0.3 is 7.32 Å². The molecule has 0 bridgehead atoms. The topological polar surface area (TPSA) is 49.7 Å². The number of hydrogen-bond acceptors (Lipinski definition) is 3. The Bertz CT molecular complexity index is 222. The standard InChI is InChI=1S/C8H10.BH2O3Si/c1-7-5-3-4-6-8(7)2;2-1(3)4-5/h3-6H,1-2H3;2-3H. The third kappa shape index (κ3) is 6.53. The molecule has 13 heavy (non-hydrogen) atoms. The summed E-state index contributed by atoms with van der Waals surface area (Å²) in [6, 6.07) is 8.36. The molecule has 5 heteroatoms. The summed E-state index contributed by atoms with van der Waals surface area (Å²) < 4.78 is 3.67. The van der Waals surface area contributed by atoms with Gasteiger partial charge in [-0.1, -0.05) is 24.3 Å². The minimum absolute atomic E-state index is 1.37. The van der Waals surface area contributed by atoms with E-state index in [2.05, 4.69) is 52.9 Å². The van der Waals surface area contributed by atoms with E-state index >= 15 is 0 Å². The maximum absolute atomic E-state index is 7.65. The molecule has 0 saturated carbocycles. The second-order valence-electron chi connectivity index (χ2n) is 2.53. The summed E-state index contributed by atoms with van der Waals surface area (Å²) in [7, 11) is 0.653. The Morgan fingerprint density at radius 2 is 1.46 bits per heavy atom. The van der Waals surface area contributed by atoms with Gasteiger partial charge in [0.2, 0.25) is 10.5 Å². The van der Waals surface area contributed by atoms with Crippen LogP contribution in [0.25, 0.3) is 0 Å².